The maximum atomic E-state index is 12.9. The van der Waals surface area contributed by atoms with Gasteiger partial charge in [0.25, 0.3) is 0 Å². The number of para-hydroxylation sites is 2. The first kappa shape index (κ1) is 15.0. The number of hydrogen-bond donors (Lipinski definition) is 1. The van der Waals surface area contributed by atoms with Crippen LogP contribution in [0.5, 0.6) is 0 Å². The number of nitriles is 1. The van der Waals surface area contributed by atoms with Crippen molar-refractivity contribution in [3.8, 4) is 6.07 Å². The molecule has 0 amide bonds. The van der Waals surface area contributed by atoms with Crippen molar-refractivity contribution in [3.63, 3.8) is 0 Å². The van der Waals surface area contributed by atoms with Gasteiger partial charge in [-0.05, 0) is 18.2 Å². The second-order valence-corrected chi connectivity index (χ2v) is 5.96. The zero-order chi connectivity index (χ0) is 17.4. The number of H-pyrrole nitrogens is 1. The van der Waals surface area contributed by atoms with Crippen LogP contribution in [0.2, 0.25) is 0 Å². The highest BCUT2D eigenvalue weighted by Crippen LogP contribution is 2.25. The number of carbonyl (C=O) groups excluding carboxylic acids is 1. The molecule has 2 aromatic carbocycles. The number of nitrogens with one attached hydrogen (secondary N) is 1. The molecule has 0 saturated carbocycles. The number of rotatable bonds is 3. The van der Waals surface area contributed by atoms with Crippen molar-refractivity contribution < 1.29 is 4.79 Å². The van der Waals surface area contributed by atoms with Gasteiger partial charge < -0.3 is 9.55 Å². The molecule has 0 spiro atoms. The number of ketones is 1. The van der Waals surface area contributed by atoms with Gasteiger partial charge in [0.2, 0.25) is 5.78 Å². The lowest BCUT2D eigenvalue weighted by Crippen LogP contribution is -2.00. The molecule has 0 bridgehead atoms. The molecule has 0 fully saturated rings. The van der Waals surface area contributed by atoms with E-state index in [1.807, 2.05) is 66.3 Å². The molecule has 120 valence electrons. The van der Waals surface area contributed by atoms with Gasteiger partial charge in [-0.25, -0.2) is 0 Å². The number of carbonyl (C=O) groups is 1. The molecule has 1 N–H and O–H groups in total. The van der Waals surface area contributed by atoms with Gasteiger partial charge in [-0.2, -0.15) is 5.26 Å². The maximum Gasteiger partial charge on any atom is 0.205 e. The number of allylic oxidation sites excluding steroid dienone is 1. The minimum atomic E-state index is -0.270. The Balaban J connectivity index is 1.83. The molecule has 0 aliphatic rings. The Hall–Kier alpha value is -3.58. The van der Waals surface area contributed by atoms with Crippen LogP contribution in [-0.4, -0.2) is 15.3 Å². The summed E-state index contributed by atoms with van der Waals surface area (Å²) in [5.41, 5.74) is 3.45. The summed E-state index contributed by atoms with van der Waals surface area (Å²) in [6.45, 7) is 0. The van der Waals surface area contributed by atoms with E-state index in [-0.39, 0.29) is 11.4 Å². The zero-order valence-electron chi connectivity index (χ0n) is 13.7. The predicted octanol–water partition coefficient (Wildman–Crippen LogP) is 4.45. The second kappa shape index (κ2) is 5.81. The lowest BCUT2D eigenvalue weighted by Gasteiger charge is -1.98. The normalized spacial score (nSPS) is 11.8. The van der Waals surface area contributed by atoms with Crippen LogP contribution < -0.4 is 0 Å². The third-order valence-corrected chi connectivity index (χ3v) is 4.43. The van der Waals surface area contributed by atoms with Crippen molar-refractivity contribution >= 4 is 33.7 Å². The van der Waals surface area contributed by atoms with Crippen LogP contribution in [0.1, 0.15) is 15.9 Å². The largest absolute Gasteiger partial charge is 0.360 e. The Bertz CT molecular complexity index is 1180. The predicted molar refractivity (Wildman–Crippen MR) is 99.1 cm³/mol. The van der Waals surface area contributed by atoms with E-state index in [0.717, 1.165) is 27.4 Å². The second-order valence-electron chi connectivity index (χ2n) is 5.96. The molecular formula is C21H15N3O. The summed E-state index contributed by atoms with van der Waals surface area (Å²) in [5, 5.41) is 11.4. The highest BCUT2D eigenvalue weighted by molar-refractivity contribution is 6.20. The Morgan fingerprint density at radius 3 is 2.64 bits per heavy atom. The van der Waals surface area contributed by atoms with Gasteiger partial charge in [0.15, 0.2) is 0 Å². The monoisotopic (exact) mass is 325 g/mol. The lowest BCUT2D eigenvalue weighted by atomic mass is 10.0. The van der Waals surface area contributed by atoms with Gasteiger partial charge >= 0.3 is 0 Å². The Kier molecular flexibility index (Phi) is 3.48. The minimum absolute atomic E-state index is 0.126. The number of hydrogen-bond acceptors (Lipinski definition) is 2. The summed E-state index contributed by atoms with van der Waals surface area (Å²) >= 11 is 0. The van der Waals surface area contributed by atoms with Gasteiger partial charge in [-0.15, -0.1) is 0 Å². The summed E-state index contributed by atoms with van der Waals surface area (Å²) in [6.07, 6.45) is 5.28. The fraction of sp³-hybridized carbons (Fsp3) is 0.0476. The number of aromatic amines is 1. The van der Waals surface area contributed by atoms with Crippen molar-refractivity contribution in [1.82, 2.24) is 9.55 Å². The smallest absolute Gasteiger partial charge is 0.205 e. The first-order valence-electron chi connectivity index (χ1n) is 7.95. The van der Waals surface area contributed by atoms with Gasteiger partial charge in [-0.3, -0.25) is 4.79 Å². The summed E-state index contributed by atoms with van der Waals surface area (Å²) in [4.78, 5) is 16.0. The summed E-state index contributed by atoms with van der Waals surface area (Å²) in [7, 11) is 1.95. The molecular weight excluding hydrogens is 310 g/mol. The fourth-order valence-electron chi connectivity index (χ4n) is 3.20. The molecule has 0 saturated heterocycles. The summed E-state index contributed by atoms with van der Waals surface area (Å²) < 4.78 is 1.99. The van der Waals surface area contributed by atoms with Gasteiger partial charge in [0.05, 0.1) is 0 Å². The van der Waals surface area contributed by atoms with E-state index >= 15 is 0 Å². The number of benzene rings is 2. The highest BCUT2D eigenvalue weighted by Gasteiger charge is 2.17. The van der Waals surface area contributed by atoms with Gasteiger partial charge in [0, 0.05) is 52.4 Å². The molecule has 0 atom stereocenters. The summed E-state index contributed by atoms with van der Waals surface area (Å²) in [6, 6.07) is 17.6. The molecule has 2 aromatic heterocycles. The van der Waals surface area contributed by atoms with E-state index in [4.69, 9.17) is 0 Å². The van der Waals surface area contributed by atoms with E-state index in [2.05, 4.69) is 11.1 Å². The quantitative estimate of drug-likeness (QED) is 0.344. The molecule has 0 aliphatic carbocycles. The van der Waals surface area contributed by atoms with Crippen molar-refractivity contribution in [3.05, 3.63) is 77.6 Å². The highest BCUT2D eigenvalue weighted by atomic mass is 16.1. The van der Waals surface area contributed by atoms with E-state index in [1.54, 1.807) is 12.3 Å². The number of aryl methyl sites for hydroxylation is 1. The van der Waals surface area contributed by atoms with Crippen LogP contribution in [0.25, 0.3) is 27.9 Å². The SMILES string of the molecule is Cn1cc(/C=C(\C#N)C(=O)c2c[nH]c3ccccc23)c2ccccc21. The summed E-state index contributed by atoms with van der Waals surface area (Å²) in [5.74, 6) is -0.270. The molecule has 0 unspecified atom stereocenters. The molecule has 0 radical (unpaired) electrons. The molecule has 25 heavy (non-hydrogen) atoms. The third kappa shape index (κ3) is 2.43. The van der Waals surface area contributed by atoms with Crippen molar-refractivity contribution in [2.75, 3.05) is 0 Å². The van der Waals surface area contributed by atoms with Crippen molar-refractivity contribution in [2.24, 2.45) is 7.05 Å². The van der Waals surface area contributed by atoms with Crippen LogP contribution in [0.4, 0.5) is 0 Å². The standard InChI is InChI=1S/C21H15N3O/c1-24-13-15(16-6-3-5-9-20(16)24)10-14(11-22)21(25)18-12-23-19-8-4-2-7-17(18)19/h2-10,12-13,23H,1H3/b14-10+. The maximum absolute atomic E-state index is 12.9. The van der Waals surface area contributed by atoms with Crippen LogP contribution >= 0.6 is 0 Å². The minimum Gasteiger partial charge on any atom is -0.360 e. The molecule has 4 heteroatoms. The van der Waals surface area contributed by atoms with Crippen molar-refractivity contribution in [2.45, 2.75) is 0 Å². The van der Waals surface area contributed by atoms with Crippen LogP contribution in [0, 0.1) is 11.3 Å². The van der Waals surface area contributed by atoms with E-state index in [0.29, 0.717) is 5.56 Å². The molecule has 4 nitrogen and oxygen atoms in total. The number of aromatic nitrogens is 2. The zero-order valence-corrected chi connectivity index (χ0v) is 13.7. The average molecular weight is 325 g/mol. The Morgan fingerprint density at radius 1 is 1.12 bits per heavy atom. The third-order valence-electron chi connectivity index (χ3n) is 4.43. The Morgan fingerprint density at radius 2 is 1.84 bits per heavy atom. The first-order chi connectivity index (χ1) is 12.2. The molecule has 4 aromatic rings. The molecule has 4 rings (SSSR count). The van der Waals surface area contributed by atoms with Gasteiger partial charge in [-0.1, -0.05) is 36.4 Å². The number of nitrogens with zero attached hydrogens (tertiary/aromatic N) is 2. The van der Waals surface area contributed by atoms with Crippen LogP contribution in [-0.2, 0) is 7.05 Å². The number of fused-ring (bicyclic) bond motifs is 2. The first-order valence-corrected chi connectivity index (χ1v) is 7.95. The van der Waals surface area contributed by atoms with E-state index < -0.39 is 0 Å². The fourth-order valence-corrected chi connectivity index (χ4v) is 3.20. The van der Waals surface area contributed by atoms with E-state index in [9.17, 15) is 10.1 Å². The molecule has 2 heterocycles. The number of Topliss-reactive ketones (excluding diaryl/α,β-unsaturated/α-hetero) is 1. The average Bonchev–Trinajstić information content (AvgIpc) is 3.21. The van der Waals surface area contributed by atoms with Crippen LogP contribution in [0.3, 0.4) is 0 Å². The lowest BCUT2D eigenvalue weighted by molar-refractivity contribution is 0.104. The van der Waals surface area contributed by atoms with Gasteiger partial charge in [0.1, 0.15) is 11.6 Å². The topological polar surface area (TPSA) is 61.6 Å². The Labute approximate surface area is 144 Å². The van der Waals surface area contributed by atoms with E-state index in [1.165, 1.54) is 0 Å². The van der Waals surface area contributed by atoms with Crippen LogP contribution in [0.15, 0.2) is 66.5 Å². The van der Waals surface area contributed by atoms with Crippen molar-refractivity contribution in [1.29, 1.82) is 5.26 Å². The molecule has 0 aliphatic heterocycles.